The molecule has 3 aromatic carbocycles. The Morgan fingerprint density at radius 3 is 2.17 bits per heavy atom. The summed E-state index contributed by atoms with van der Waals surface area (Å²) in [5, 5.41) is 14.2. The van der Waals surface area contributed by atoms with Gasteiger partial charge in [-0.05, 0) is 54.3 Å². The summed E-state index contributed by atoms with van der Waals surface area (Å²) >= 11 is 0. The van der Waals surface area contributed by atoms with Gasteiger partial charge < -0.3 is 15.2 Å². The molecule has 5 heteroatoms. The zero-order chi connectivity index (χ0) is 21.0. The number of hydrogen-bond acceptors (Lipinski definition) is 3. The Bertz CT molecular complexity index is 1020. The van der Waals surface area contributed by atoms with Crippen molar-refractivity contribution in [1.82, 2.24) is 5.32 Å². The van der Waals surface area contributed by atoms with Crippen LogP contribution in [0, 0.1) is 0 Å². The molecule has 0 saturated heterocycles. The van der Waals surface area contributed by atoms with E-state index in [1.165, 1.54) is 10.8 Å². The number of nitrogens with one attached hydrogen (secondary N) is 1. The monoisotopic (exact) mass is 391 g/mol. The fourth-order valence-corrected chi connectivity index (χ4v) is 3.09. The minimum absolute atomic E-state index is 0.173. The highest BCUT2D eigenvalue weighted by Gasteiger charge is 2.24. The second kappa shape index (κ2) is 8.35. The van der Waals surface area contributed by atoms with Gasteiger partial charge >= 0.3 is 12.1 Å². The van der Waals surface area contributed by atoms with E-state index in [0.717, 1.165) is 16.7 Å². The van der Waals surface area contributed by atoms with E-state index in [1.54, 1.807) is 20.8 Å². The Morgan fingerprint density at radius 2 is 1.55 bits per heavy atom. The van der Waals surface area contributed by atoms with Gasteiger partial charge in [-0.3, -0.25) is 0 Å². The molecule has 0 fully saturated rings. The van der Waals surface area contributed by atoms with E-state index in [2.05, 4.69) is 35.6 Å². The number of hydrogen-bond donors (Lipinski definition) is 2. The Morgan fingerprint density at radius 1 is 0.931 bits per heavy atom. The summed E-state index contributed by atoms with van der Waals surface area (Å²) in [5.41, 5.74) is 2.27. The lowest BCUT2D eigenvalue weighted by Gasteiger charge is -2.22. The lowest BCUT2D eigenvalue weighted by atomic mass is 9.98. The van der Waals surface area contributed by atoms with E-state index >= 15 is 0 Å². The fraction of sp³-hybridized carbons (Fsp3) is 0.250. The number of carboxylic acid groups (broad SMARTS) is 1. The van der Waals surface area contributed by atoms with E-state index in [-0.39, 0.29) is 6.42 Å². The van der Waals surface area contributed by atoms with Crippen LogP contribution in [-0.4, -0.2) is 28.8 Å². The molecule has 5 nitrogen and oxygen atoms in total. The second-order valence-corrected chi connectivity index (χ2v) is 8.00. The number of amides is 1. The molecule has 29 heavy (non-hydrogen) atoms. The maximum atomic E-state index is 11.9. The van der Waals surface area contributed by atoms with Crippen molar-refractivity contribution in [2.45, 2.75) is 38.8 Å². The van der Waals surface area contributed by atoms with Gasteiger partial charge in [-0.25, -0.2) is 9.59 Å². The molecular weight excluding hydrogens is 366 g/mol. The third-order valence-electron chi connectivity index (χ3n) is 4.47. The van der Waals surface area contributed by atoms with Gasteiger partial charge in [0.15, 0.2) is 0 Å². The third kappa shape index (κ3) is 5.57. The van der Waals surface area contributed by atoms with Crippen molar-refractivity contribution in [2.24, 2.45) is 0 Å². The molecule has 0 heterocycles. The highest BCUT2D eigenvalue weighted by Crippen LogP contribution is 2.25. The predicted molar refractivity (Wildman–Crippen MR) is 114 cm³/mol. The zero-order valence-electron chi connectivity index (χ0n) is 16.8. The van der Waals surface area contributed by atoms with Gasteiger partial charge in [0.05, 0.1) is 0 Å². The average molecular weight is 391 g/mol. The molecule has 1 amide bonds. The first kappa shape index (κ1) is 20.4. The number of benzene rings is 3. The highest BCUT2D eigenvalue weighted by molar-refractivity contribution is 5.87. The highest BCUT2D eigenvalue weighted by atomic mass is 16.6. The molecule has 0 spiro atoms. The van der Waals surface area contributed by atoms with Crippen molar-refractivity contribution in [3.63, 3.8) is 0 Å². The number of carbonyl (C=O) groups excluding carboxylic acids is 1. The first-order chi connectivity index (χ1) is 13.7. The van der Waals surface area contributed by atoms with E-state index in [4.69, 9.17) is 4.74 Å². The number of alkyl carbamates (subject to hydrolysis) is 1. The van der Waals surface area contributed by atoms with Crippen LogP contribution in [0.15, 0.2) is 66.7 Å². The average Bonchev–Trinajstić information content (AvgIpc) is 2.66. The van der Waals surface area contributed by atoms with Gasteiger partial charge in [0.1, 0.15) is 11.6 Å². The molecule has 2 N–H and O–H groups in total. The van der Waals surface area contributed by atoms with Gasteiger partial charge in [-0.15, -0.1) is 0 Å². The van der Waals surface area contributed by atoms with E-state index in [1.807, 2.05) is 36.4 Å². The molecule has 0 aliphatic heterocycles. The minimum Gasteiger partial charge on any atom is -0.480 e. The summed E-state index contributed by atoms with van der Waals surface area (Å²) in [6, 6.07) is 21.1. The lowest BCUT2D eigenvalue weighted by Crippen LogP contribution is -2.44. The molecular formula is C24H25NO4. The molecule has 3 aromatic rings. The van der Waals surface area contributed by atoms with E-state index < -0.39 is 23.7 Å². The van der Waals surface area contributed by atoms with Crippen LogP contribution in [0.4, 0.5) is 4.79 Å². The Kier molecular flexibility index (Phi) is 5.87. The molecule has 1 atom stereocenters. The van der Waals surface area contributed by atoms with Crippen molar-refractivity contribution in [3.05, 3.63) is 72.3 Å². The molecule has 0 bridgehead atoms. The maximum absolute atomic E-state index is 11.9. The minimum atomic E-state index is -1.10. The number of aliphatic carboxylic acids is 1. The quantitative estimate of drug-likeness (QED) is 0.640. The number of carbonyl (C=O) groups is 2. The Balaban J connectivity index is 1.72. The molecule has 1 unspecified atom stereocenters. The largest absolute Gasteiger partial charge is 0.480 e. The molecule has 0 aromatic heterocycles. The van der Waals surface area contributed by atoms with E-state index in [0.29, 0.717) is 0 Å². The van der Waals surface area contributed by atoms with Gasteiger partial charge in [-0.1, -0.05) is 60.7 Å². The summed E-state index contributed by atoms with van der Waals surface area (Å²) in [6.45, 7) is 5.19. The zero-order valence-corrected chi connectivity index (χ0v) is 16.8. The third-order valence-corrected chi connectivity index (χ3v) is 4.47. The fourth-order valence-electron chi connectivity index (χ4n) is 3.09. The van der Waals surface area contributed by atoms with Gasteiger partial charge in [0, 0.05) is 6.42 Å². The summed E-state index contributed by atoms with van der Waals surface area (Å²) in [4.78, 5) is 23.5. The van der Waals surface area contributed by atoms with Gasteiger partial charge in [-0.2, -0.15) is 0 Å². The first-order valence-corrected chi connectivity index (χ1v) is 9.52. The smallest absolute Gasteiger partial charge is 0.408 e. The lowest BCUT2D eigenvalue weighted by molar-refractivity contribution is -0.139. The first-order valence-electron chi connectivity index (χ1n) is 9.52. The van der Waals surface area contributed by atoms with Crippen LogP contribution in [0.5, 0.6) is 0 Å². The summed E-state index contributed by atoms with van der Waals surface area (Å²) < 4.78 is 5.15. The van der Waals surface area contributed by atoms with Crippen molar-refractivity contribution >= 4 is 22.8 Å². The van der Waals surface area contributed by atoms with Crippen LogP contribution in [0.3, 0.4) is 0 Å². The molecule has 3 rings (SSSR count). The second-order valence-electron chi connectivity index (χ2n) is 8.00. The standard InChI is InChI=1S/C24H25NO4/c1-24(2,3)29-23(28)25-21(22(26)27)14-16-8-10-18(11-9-16)20-13-12-17-6-4-5-7-19(17)15-20/h4-13,15,21H,14H2,1-3H3,(H,25,28)(H,26,27). The Hall–Kier alpha value is -3.34. The number of ether oxygens (including phenoxy) is 1. The molecule has 0 radical (unpaired) electrons. The topological polar surface area (TPSA) is 75.6 Å². The molecule has 150 valence electrons. The molecule has 0 aliphatic carbocycles. The predicted octanol–water partition coefficient (Wildman–Crippen LogP) is 5.03. The van der Waals surface area contributed by atoms with Crippen molar-refractivity contribution in [3.8, 4) is 11.1 Å². The van der Waals surface area contributed by atoms with Crippen molar-refractivity contribution < 1.29 is 19.4 Å². The number of rotatable bonds is 5. The van der Waals surface area contributed by atoms with Crippen LogP contribution >= 0.6 is 0 Å². The molecule has 0 saturated carbocycles. The maximum Gasteiger partial charge on any atom is 0.408 e. The van der Waals surface area contributed by atoms with Crippen LogP contribution in [0.1, 0.15) is 26.3 Å². The van der Waals surface area contributed by atoms with Crippen LogP contribution in [0.25, 0.3) is 21.9 Å². The number of fused-ring (bicyclic) bond motifs is 1. The summed E-state index contributed by atoms with van der Waals surface area (Å²) in [5.74, 6) is -1.10. The number of carboxylic acids is 1. The SMILES string of the molecule is CC(C)(C)OC(=O)NC(Cc1ccc(-c2ccc3ccccc3c2)cc1)C(=O)O. The van der Waals surface area contributed by atoms with Crippen LogP contribution < -0.4 is 5.32 Å². The van der Waals surface area contributed by atoms with Gasteiger partial charge in [0.25, 0.3) is 0 Å². The Labute approximate surface area is 170 Å². The van der Waals surface area contributed by atoms with Crippen LogP contribution in [0.2, 0.25) is 0 Å². The normalized spacial score (nSPS) is 12.4. The molecule has 0 aliphatic rings. The van der Waals surface area contributed by atoms with Crippen molar-refractivity contribution in [1.29, 1.82) is 0 Å². The van der Waals surface area contributed by atoms with Gasteiger partial charge in [0.2, 0.25) is 0 Å². The van der Waals surface area contributed by atoms with Crippen LogP contribution in [-0.2, 0) is 16.0 Å². The summed E-state index contributed by atoms with van der Waals surface area (Å²) in [6.07, 6.45) is -0.565. The van der Waals surface area contributed by atoms with E-state index in [9.17, 15) is 14.7 Å². The summed E-state index contributed by atoms with van der Waals surface area (Å²) in [7, 11) is 0. The van der Waals surface area contributed by atoms with Crippen molar-refractivity contribution in [2.75, 3.05) is 0 Å².